The minimum absolute atomic E-state index is 0.0296. The van der Waals surface area contributed by atoms with E-state index in [0.29, 0.717) is 25.9 Å². The van der Waals surface area contributed by atoms with Gasteiger partial charge in [0.15, 0.2) is 0 Å². The molecule has 8 nitrogen and oxygen atoms in total. The number of carboxylic acids is 1. The first-order chi connectivity index (χ1) is 16.5. The van der Waals surface area contributed by atoms with Gasteiger partial charge in [-0.1, -0.05) is 61.9 Å². The van der Waals surface area contributed by atoms with E-state index in [1.54, 1.807) is 0 Å². The van der Waals surface area contributed by atoms with Gasteiger partial charge in [-0.15, -0.1) is 0 Å². The highest BCUT2D eigenvalue weighted by atomic mass is 16.5. The number of fused-ring (bicyclic) bond motifs is 3. The molecule has 0 saturated carbocycles. The van der Waals surface area contributed by atoms with Crippen molar-refractivity contribution in [2.24, 2.45) is 5.92 Å². The molecule has 2 amide bonds. The van der Waals surface area contributed by atoms with Gasteiger partial charge in [0, 0.05) is 25.0 Å². The molecule has 180 valence electrons. The first kappa shape index (κ1) is 23.8. The van der Waals surface area contributed by atoms with Gasteiger partial charge >= 0.3 is 12.1 Å². The Labute approximate surface area is 198 Å². The Hall–Kier alpha value is -3.39. The highest BCUT2D eigenvalue weighted by Gasteiger charge is 2.36. The highest BCUT2D eigenvalue weighted by molar-refractivity contribution is 5.86. The van der Waals surface area contributed by atoms with Crippen LogP contribution in [0, 0.1) is 5.92 Å². The number of carbonyl (C=O) groups excluding carboxylic acids is 2. The van der Waals surface area contributed by atoms with Crippen LogP contribution in [0.5, 0.6) is 0 Å². The number of alkyl carbamates (subject to hydrolysis) is 1. The van der Waals surface area contributed by atoms with Gasteiger partial charge in [0.25, 0.3) is 0 Å². The quantitative estimate of drug-likeness (QED) is 0.523. The number of benzene rings is 2. The summed E-state index contributed by atoms with van der Waals surface area (Å²) in [6.07, 6.45) is 0.217. The van der Waals surface area contributed by atoms with Crippen molar-refractivity contribution in [3.63, 3.8) is 0 Å². The van der Waals surface area contributed by atoms with E-state index in [4.69, 9.17) is 9.47 Å². The second kappa shape index (κ2) is 10.7. The van der Waals surface area contributed by atoms with Crippen molar-refractivity contribution in [1.29, 1.82) is 0 Å². The van der Waals surface area contributed by atoms with E-state index in [0.717, 1.165) is 22.3 Å². The Bertz CT molecular complexity index is 1010. The molecule has 8 heteroatoms. The molecule has 2 aromatic carbocycles. The van der Waals surface area contributed by atoms with Crippen LogP contribution in [-0.4, -0.2) is 55.0 Å². The number of hydrogen-bond donors (Lipinski definition) is 3. The zero-order chi connectivity index (χ0) is 24.1. The Morgan fingerprint density at radius 2 is 1.74 bits per heavy atom. The number of carbonyl (C=O) groups is 3. The summed E-state index contributed by atoms with van der Waals surface area (Å²) < 4.78 is 11.1. The maximum Gasteiger partial charge on any atom is 0.407 e. The normalized spacial score (nSPS) is 19.7. The molecule has 2 aromatic rings. The highest BCUT2D eigenvalue weighted by Crippen LogP contribution is 2.44. The van der Waals surface area contributed by atoms with Crippen LogP contribution in [0.2, 0.25) is 0 Å². The smallest absolute Gasteiger partial charge is 0.407 e. The standard InChI is InChI=1S/C26H30N2O6/c1-2-7-22(25(30)31)28-24(29)23-16(12-13-33-23)14-27-26(32)34-15-21-19-10-5-3-8-17(19)18-9-4-6-11-20(18)21/h3-6,8-11,16,21-23H,2,7,12-15H2,1H3,(H,27,32)(H,28,29)(H,30,31)/t16-,22+,23-/m1/s1. The SMILES string of the molecule is CCC[C@H](NC(=O)[C@@H]1OCC[C@@H]1CNC(=O)OCC1c2ccccc2-c2ccccc21)C(=O)O. The average Bonchev–Trinajstić information content (AvgIpc) is 3.44. The molecule has 1 aliphatic heterocycles. The largest absolute Gasteiger partial charge is 0.480 e. The van der Waals surface area contributed by atoms with E-state index in [1.807, 2.05) is 31.2 Å². The third-order valence-corrected chi connectivity index (χ3v) is 6.52. The first-order valence-electron chi connectivity index (χ1n) is 11.7. The molecule has 1 saturated heterocycles. The summed E-state index contributed by atoms with van der Waals surface area (Å²) in [5, 5.41) is 14.6. The fourth-order valence-corrected chi connectivity index (χ4v) is 4.80. The van der Waals surface area contributed by atoms with E-state index in [9.17, 15) is 19.5 Å². The zero-order valence-electron chi connectivity index (χ0n) is 19.2. The molecular weight excluding hydrogens is 436 g/mol. The summed E-state index contributed by atoms with van der Waals surface area (Å²) in [5.41, 5.74) is 4.59. The fraction of sp³-hybridized carbons (Fsp3) is 0.423. The van der Waals surface area contributed by atoms with Crippen molar-refractivity contribution in [2.75, 3.05) is 19.8 Å². The molecule has 34 heavy (non-hydrogen) atoms. The number of rotatable bonds is 9. The third kappa shape index (κ3) is 5.07. The Kier molecular flexibility index (Phi) is 7.47. The number of amides is 2. The van der Waals surface area contributed by atoms with Crippen molar-refractivity contribution >= 4 is 18.0 Å². The molecule has 1 fully saturated rings. The van der Waals surface area contributed by atoms with Gasteiger partial charge in [-0.05, 0) is 35.1 Å². The molecule has 0 aromatic heterocycles. The van der Waals surface area contributed by atoms with Gasteiger partial charge in [0.2, 0.25) is 5.91 Å². The molecule has 3 atom stereocenters. The van der Waals surface area contributed by atoms with E-state index in [2.05, 4.69) is 34.9 Å². The number of aliphatic carboxylic acids is 1. The number of carboxylic acid groups (broad SMARTS) is 1. The Morgan fingerprint density at radius 3 is 2.35 bits per heavy atom. The molecule has 1 heterocycles. The van der Waals surface area contributed by atoms with Gasteiger partial charge in [-0.25, -0.2) is 9.59 Å². The predicted octanol–water partition coefficient (Wildman–Crippen LogP) is 3.30. The van der Waals surface area contributed by atoms with E-state index >= 15 is 0 Å². The van der Waals surface area contributed by atoms with Crippen LogP contribution in [0.4, 0.5) is 4.79 Å². The number of nitrogens with one attached hydrogen (secondary N) is 2. The van der Waals surface area contributed by atoms with E-state index in [-0.39, 0.29) is 25.0 Å². The summed E-state index contributed by atoms with van der Waals surface area (Å²) >= 11 is 0. The second-order valence-electron chi connectivity index (χ2n) is 8.73. The molecule has 0 radical (unpaired) electrons. The maximum absolute atomic E-state index is 12.6. The second-order valence-corrected chi connectivity index (χ2v) is 8.73. The predicted molar refractivity (Wildman–Crippen MR) is 125 cm³/mol. The summed E-state index contributed by atoms with van der Waals surface area (Å²) in [6.45, 7) is 2.65. The van der Waals surface area contributed by atoms with Crippen molar-refractivity contribution in [1.82, 2.24) is 10.6 Å². The van der Waals surface area contributed by atoms with Gasteiger partial charge in [0.1, 0.15) is 18.8 Å². The molecule has 2 aliphatic rings. The molecule has 1 aliphatic carbocycles. The monoisotopic (exact) mass is 466 g/mol. The van der Waals surface area contributed by atoms with Crippen LogP contribution in [-0.2, 0) is 19.1 Å². The minimum Gasteiger partial charge on any atom is -0.480 e. The summed E-state index contributed by atoms with van der Waals surface area (Å²) in [6, 6.07) is 15.3. The van der Waals surface area contributed by atoms with Crippen molar-refractivity contribution < 1.29 is 29.0 Å². The third-order valence-electron chi connectivity index (χ3n) is 6.52. The first-order valence-corrected chi connectivity index (χ1v) is 11.7. The molecule has 0 unspecified atom stereocenters. The van der Waals surface area contributed by atoms with Gasteiger partial charge in [-0.2, -0.15) is 0 Å². The lowest BCUT2D eigenvalue weighted by Gasteiger charge is -2.21. The Balaban J connectivity index is 1.30. The molecule has 0 bridgehead atoms. The summed E-state index contributed by atoms with van der Waals surface area (Å²) in [7, 11) is 0. The van der Waals surface area contributed by atoms with Crippen molar-refractivity contribution in [3.05, 3.63) is 59.7 Å². The van der Waals surface area contributed by atoms with Crippen LogP contribution < -0.4 is 10.6 Å². The minimum atomic E-state index is -1.07. The van der Waals surface area contributed by atoms with Crippen LogP contribution in [0.15, 0.2) is 48.5 Å². The van der Waals surface area contributed by atoms with Crippen molar-refractivity contribution in [3.8, 4) is 11.1 Å². The lowest BCUT2D eigenvalue weighted by molar-refractivity contribution is -0.144. The van der Waals surface area contributed by atoms with Crippen LogP contribution in [0.1, 0.15) is 43.2 Å². The van der Waals surface area contributed by atoms with E-state index < -0.39 is 30.1 Å². The van der Waals surface area contributed by atoms with Crippen molar-refractivity contribution in [2.45, 2.75) is 44.2 Å². The number of ether oxygens (including phenoxy) is 2. The van der Waals surface area contributed by atoms with Crippen LogP contribution in [0.25, 0.3) is 11.1 Å². The number of hydrogen-bond acceptors (Lipinski definition) is 5. The van der Waals surface area contributed by atoms with Gasteiger partial charge in [-0.3, -0.25) is 4.79 Å². The molecule has 3 N–H and O–H groups in total. The van der Waals surface area contributed by atoms with Crippen LogP contribution in [0.3, 0.4) is 0 Å². The van der Waals surface area contributed by atoms with Gasteiger partial charge in [0.05, 0.1) is 0 Å². The van der Waals surface area contributed by atoms with E-state index in [1.165, 1.54) is 0 Å². The Morgan fingerprint density at radius 1 is 1.09 bits per heavy atom. The topological polar surface area (TPSA) is 114 Å². The fourth-order valence-electron chi connectivity index (χ4n) is 4.80. The average molecular weight is 467 g/mol. The lowest BCUT2D eigenvalue weighted by atomic mass is 9.98. The maximum atomic E-state index is 12.6. The molecule has 0 spiro atoms. The molecule has 4 rings (SSSR count). The van der Waals surface area contributed by atoms with Crippen LogP contribution >= 0.6 is 0 Å². The summed E-state index contributed by atoms with van der Waals surface area (Å²) in [4.78, 5) is 36.4. The summed E-state index contributed by atoms with van der Waals surface area (Å²) in [5.74, 6) is -1.81. The zero-order valence-corrected chi connectivity index (χ0v) is 19.2. The van der Waals surface area contributed by atoms with Gasteiger partial charge < -0.3 is 25.2 Å². The lowest BCUT2D eigenvalue weighted by Crippen LogP contribution is -2.48. The molecular formula is C26H30N2O6.